The van der Waals surface area contributed by atoms with Crippen molar-refractivity contribution in [1.29, 1.82) is 0 Å². The largest absolute Gasteiger partial charge is 0.497 e. The summed E-state index contributed by atoms with van der Waals surface area (Å²) in [5.74, 6) is 0.974. The van der Waals surface area contributed by atoms with Gasteiger partial charge in [-0.15, -0.1) is 0 Å². The molecule has 0 N–H and O–H groups in total. The van der Waals surface area contributed by atoms with E-state index in [1.807, 2.05) is 18.2 Å². The maximum absolute atomic E-state index is 13.3. The maximum Gasteiger partial charge on any atom is 0.263 e. The van der Waals surface area contributed by atoms with Crippen molar-refractivity contribution >= 4 is 17.5 Å². The van der Waals surface area contributed by atoms with Gasteiger partial charge in [-0.25, -0.2) is 4.90 Å². The lowest BCUT2D eigenvalue weighted by Crippen LogP contribution is -2.39. The van der Waals surface area contributed by atoms with E-state index >= 15 is 0 Å². The summed E-state index contributed by atoms with van der Waals surface area (Å²) in [6.07, 6.45) is 3.07. The summed E-state index contributed by atoms with van der Waals surface area (Å²) in [5, 5.41) is 13.6. The fourth-order valence-corrected chi connectivity index (χ4v) is 4.86. The Kier molecular flexibility index (Phi) is 4.97. The van der Waals surface area contributed by atoms with Crippen LogP contribution in [0.4, 0.5) is 5.69 Å². The third-order valence-corrected chi connectivity index (χ3v) is 6.61. The fraction of sp³-hybridized carbons (Fsp3) is 0.333. The molecule has 35 heavy (non-hydrogen) atoms. The molecule has 2 atom stereocenters. The Balaban J connectivity index is 1.22. The second-order valence-electron chi connectivity index (χ2n) is 8.59. The summed E-state index contributed by atoms with van der Waals surface area (Å²) >= 11 is 0. The molecule has 1 aliphatic carbocycles. The standard InChI is InChI=1S/C24H22N6O5/c1-33-16-8-9-17(18(11-16)34-2)22-25-19(35-27-22)12-29-21-20(26-28-29)23(31)30(24(21)32)15-7-6-13-4-3-5-14(13)10-15/h6-11,20-21H,3-5,12H2,1-2H3/t20-,21-/m1/s1. The molecule has 3 aliphatic rings. The number of hydrogen-bond acceptors (Lipinski definition) is 10. The first-order valence-electron chi connectivity index (χ1n) is 11.3. The van der Waals surface area contributed by atoms with Gasteiger partial charge in [0.15, 0.2) is 12.1 Å². The van der Waals surface area contributed by atoms with Crippen molar-refractivity contribution in [3.63, 3.8) is 0 Å². The lowest BCUT2D eigenvalue weighted by atomic mass is 10.1. The quantitative estimate of drug-likeness (QED) is 0.500. The van der Waals surface area contributed by atoms with E-state index in [4.69, 9.17) is 14.0 Å². The summed E-state index contributed by atoms with van der Waals surface area (Å²) < 4.78 is 16.0. The van der Waals surface area contributed by atoms with Gasteiger partial charge in [-0.1, -0.05) is 16.4 Å². The first kappa shape index (κ1) is 21.3. The van der Waals surface area contributed by atoms with E-state index < -0.39 is 12.1 Å². The molecule has 0 bridgehead atoms. The smallest absolute Gasteiger partial charge is 0.263 e. The summed E-state index contributed by atoms with van der Waals surface area (Å²) in [7, 11) is 3.11. The number of rotatable bonds is 6. The molecular formula is C24H22N6O5. The molecule has 11 nitrogen and oxygen atoms in total. The number of fused-ring (bicyclic) bond motifs is 2. The summed E-state index contributed by atoms with van der Waals surface area (Å²) in [5.41, 5.74) is 3.66. The van der Waals surface area contributed by atoms with Crippen LogP contribution in [0, 0.1) is 0 Å². The highest BCUT2D eigenvalue weighted by Crippen LogP contribution is 2.36. The Bertz CT molecular complexity index is 1370. The molecule has 1 aromatic heterocycles. The average molecular weight is 474 g/mol. The summed E-state index contributed by atoms with van der Waals surface area (Å²) in [4.78, 5) is 32.0. The highest BCUT2D eigenvalue weighted by Gasteiger charge is 2.55. The zero-order valence-corrected chi connectivity index (χ0v) is 19.2. The highest BCUT2D eigenvalue weighted by molar-refractivity contribution is 6.25. The average Bonchev–Trinajstić information content (AvgIpc) is 3.66. The van der Waals surface area contributed by atoms with Gasteiger partial charge in [-0.05, 0) is 54.7 Å². The van der Waals surface area contributed by atoms with Crippen molar-refractivity contribution in [3.8, 4) is 22.9 Å². The molecule has 0 saturated carbocycles. The van der Waals surface area contributed by atoms with E-state index in [-0.39, 0.29) is 24.2 Å². The Hall–Kier alpha value is -4.28. The first-order valence-corrected chi connectivity index (χ1v) is 11.3. The van der Waals surface area contributed by atoms with Gasteiger partial charge >= 0.3 is 0 Å². The number of methoxy groups -OCH3 is 2. The summed E-state index contributed by atoms with van der Waals surface area (Å²) in [6, 6.07) is 9.29. The van der Waals surface area contributed by atoms with Crippen molar-refractivity contribution in [2.24, 2.45) is 10.3 Å². The molecule has 1 saturated heterocycles. The van der Waals surface area contributed by atoms with Gasteiger partial charge in [0.1, 0.15) is 18.0 Å². The van der Waals surface area contributed by atoms with Crippen LogP contribution in [0.1, 0.15) is 23.4 Å². The number of carbonyl (C=O) groups excluding carboxylic acids is 2. The van der Waals surface area contributed by atoms with Crippen molar-refractivity contribution < 1.29 is 23.6 Å². The molecule has 6 rings (SSSR count). The predicted octanol–water partition coefficient (Wildman–Crippen LogP) is 2.74. The van der Waals surface area contributed by atoms with E-state index in [1.54, 1.807) is 32.4 Å². The van der Waals surface area contributed by atoms with E-state index in [9.17, 15) is 9.59 Å². The molecule has 11 heteroatoms. The molecule has 0 unspecified atom stereocenters. The number of nitrogens with zero attached hydrogens (tertiary/aromatic N) is 6. The van der Waals surface area contributed by atoms with Crippen LogP contribution in [0.25, 0.3) is 11.4 Å². The van der Waals surface area contributed by atoms with Gasteiger partial charge in [0, 0.05) is 6.07 Å². The van der Waals surface area contributed by atoms with Crippen molar-refractivity contribution in [3.05, 3.63) is 53.4 Å². The Labute approximate surface area is 200 Å². The number of benzene rings is 2. The van der Waals surface area contributed by atoms with Gasteiger partial charge < -0.3 is 14.0 Å². The number of anilines is 1. The van der Waals surface area contributed by atoms with Crippen LogP contribution in [0.3, 0.4) is 0 Å². The maximum atomic E-state index is 13.3. The second kappa shape index (κ2) is 8.19. The van der Waals surface area contributed by atoms with Crippen LogP contribution in [-0.4, -0.2) is 53.3 Å². The SMILES string of the molecule is COc1ccc(-c2noc(CN3N=N[C@H]4C(=O)N(c5ccc6c(c5)CCC6)C(=O)[C@@H]43)n2)c(OC)c1. The molecular weight excluding hydrogens is 452 g/mol. The van der Waals surface area contributed by atoms with E-state index in [0.29, 0.717) is 28.6 Å². The minimum absolute atomic E-state index is 0.0349. The van der Waals surface area contributed by atoms with Crippen LogP contribution < -0.4 is 14.4 Å². The molecule has 2 amide bonds. The normalized spacial score (nSPS) is 20.5. The summed E-state index contributed by atoms with van der Waals surface area (Å²) in [6.45, 7) is 0.0349. The van der Waals surface area contributed by atoms with Gasteiger partial charge in [0.25, 0.3) is 11.8 Å². The number of carbonyl (C=O) groups is 2. The lowest BCUT2D eigenvalue weighted by molar-refractivity contribution is -0.123. The zero-order valence-electron chi connectivity index (χ0n) is 19.2. The topological polar surface area (TPSA) is 123 Å². The van der Waals surface area contributed by atoms with E-state index in [2.05, 4.69) is 20.5 Å². The van der Waals surface area contributed by atoms with Gasteiger partial charge in [-0.3, -0.25) is 14.6 Å². The second-order valence-corrected chi connectivity index (χ2v) is 8.59. The molecule has 178 valence electrons. The molecule has 0 spiro atoms. The van der Waals surface area contributed by atoms with Crippen LogP contribution in [0.5, 0.6) is 11.5 Å². The molecule has 3 heterocycles. The highest BCUT2D eigenvalue weighted by atomic mass is 16.5. The van der Waals surface area contributed by atoms with Crippen LogP contribution in [0.15, 0.2) is 51.3 Å². The number of aryl methyl sites for hydroxylation is 2. The van der Waals surface area contributed by atoms with Crippen LogP contribution >= 0.6 is 0 Å². The number of ether oxygens (including phenoxy) is 2. The zero-order chi connectivity index (χ0) is 24.1. The molecule has 1 fully saturated rings. The van der Waals surface area contributed by atoms with Gasteiger partial charge in [-0.2, -0.15) is 10.1 Å². The van der Waals surface area contributed by atoms with Crippen LogP contribution in [-0.2, 0) is 29.0 Å². The fourth-order valence-electron chi connectivity index (χ4n) is 4.86. The van der Waals surface area contributed by atoms with Gasteiger partial charge in [0.2, 0.25) is 11.7 Å². The minimum atomic E-state index is -0.889. The molecule has 3 aromatic rings. The number of aromatic nitrogens is 2. The third kappa shape index (κ3) is 3.42. The molecule has 0 radical (unpaired) electrons. The number of hydrogen-bond donors (Lipinski definition) is 0. The third-order valence-electron chi connectivity index (χ3n) is 6.61. The van der Waals surface area contributed by atoms with Crippen molar-refractivity contribution in [2.45, 2.75) is 37.9 Å². The monoisotopic (exact) mass is 474 g/mol. The lowest BCUT2D eigenvalue weighted by Gasteiger charge is -2.19. The van der Waals surface area contributed by atoms with Gasteiger partial charge in [0.05, 0.1) is 25.5 Å². The first-order chi connectivity index (χ1) is 17.1. The number of imide groups is 1. The Morgan fingerprint density at radius 3 is 2.71 bits per heavy atom. The molecule has 2 aromatic carbocycles. The van der Waals surface area contributed by atoms with Crippen LogP contribution in [0.2, 0.25) is 0 Å². The Morgan fingerprint density at radius 2 is 1.89 bits per heavy atom. The predicted molar refractivity (Wildman–Crippen MR) is 122 cm³/mol. The molecule has 2 aliphatic heterocycles. The Morgan fingerprint density at radius 1 is 1.03 bits per heavy atom. The van der Waals surface area contributed by atoms with E-state index in [1.165, 1.54) is 21.0 Å². The minimum Gasteiger partial charge on any atom is -0.497 e. The van der Waals surface area contributed by atoms with Crippen molar-refractivity contribution in [2.75, 3.05) is 19.1 Å². The number of amides is 2. The van der Waals surface area contributed by atoms with E-state index in [0.717, 1.165) is 19.3 Å². The van der Waals surface area contributed by atoms with Crippen molar-refractivity contribution in [1.82, 2.24) is 15.1 Å².